The average molecular weight is 1190 g/mol. The van der Waals surface area contributed by atoms with Crippen LogP contribution < -0.4 is 42.5 Å². The minimum absolute atomic E-state index is 0.0949. The Morgan fingerprint density at radius 3 is 2.01 bits per heavy atom. The van der Waals surface area contributed by atoms with Gasteiger partial charge in [-0.1, -0.05) is 79.8 Å². The van der Waals surface area contributed by atoms with E-state index in [9.17, 15) is 18.8 Å². The molecule has 3 aromatic heterocycles. The smallest absolute Gasteiger partial charge is 0.407 e. The summed E-state index contributed by atoms with van der Waals surface area (Å²) in [6, 6.07) is 23.6. The van der Waals surface area contributed by atoms with Gasteiger partial charge in [0.05, 0.1) is 39.8 Å². The third-order valence-electron chi connectivity index (χ3n) is 14.2. The van der Waals surface area contributed by atoms with E-state index < -0.39 is 31.5 Å². The summed E-state index contributed by atoms with van der Waals surface area (Å²) in [7, 11) is -1.32. The van der Waals surface area contributed by atoms with Gasteiger partial charge in [-0.25, -0.2) is 38.5 Å². The van der Waals surface area contributed by atoms with E-state index in [1.807, 2.05) is 67.0 Å². The van der Waals surface area contributed by atoms with Gasteiger partial charge >= 0.3 is 6.09 Å². The third kappa shape index (κ3) is 17.6. The summed E-state index contributed by atoms with van der Waals surface area (Å²) < 4.78 is 43.1. The van der Waals surface area contributed by atoms with Crippen molar-refractivity contribution in [2.45, 2.75) is 104 Å². The molecular formula is C60H76ClF2N15O5Si. The Morgan fingerprint density at radius 2 is 1.40 bits per heavy atom. The Kier molecular flexibility index (Phi) is 20.8. The molecule has 3 aliphatic rings. The number of aromatic nitrogens is 6. The molecule has 0 bridgehead atoms. The molecule has 6 aromatic rings. The van der Waals surface area contributed by atoms with Crippen LogP contribution in [0.5, 0.6) is 0 Å². The number of nitrogens with two attached hydrogens (primary N) is 2. The Labute approximate surface area is 495 Å². The maximum absolute atomic E-state index is 15.3. The molecule has 0 radical (unpaired) electrons. The number of allylic oxidation sites excluding steroid dienone is 1. The second-order valence-electron chi connectivity index (χ2n) is 23.2. The van der Waals surface area contributed by atoms with E-state index in [1.54, 1.807) is 54.1 Å². The highest BCUT2D eigenvalue weighted by molar-refractivity contribution is 6.76. The van der Waals surface area contributed by atoms with Crippen molar-refractivity contribution < 1.29 is 32.6 Å². The van der Waals surface area contributed by atoms with Crippen LogP contribution in [0.3, 0.4) is 0 Å². The number of nitrogen functional groups attached to an aromatic ring is 1. The van der Waals surface area contributed by atoms with E-state index in [0.29, 0.717) is 128 Å². The van der Waals surface area contributed by atoms with Crippen LogP contribution in [-0.2, 0) is 27.5 Å². The molecule has 6 heterocycles. The topological polar surface area (TPSA) is 258 Å². The van der Waals surface area contributed by atoms with Crippen molar-refractivity contribution >= 4 is 83.5 Å². The molecule has 0 saturated carbocycles. The van der Waals surface area contributed by atoms with Gasteiger partial charge in [-0.2, -0.15) is 4.98 Å². The van der Waals surface area contributed by atoms with Crippen LogP contribution in [0, 0.1) is 30.4 Å². The number of aryl methyl sites for hydroxylation is 1. The molecule has 446 valence electrons. The summed E-state index contributed by atoms with van der Waals surface area (Å²) >= 11 is 6.18. The lowest BCUT2D eigenvalue weighted by atomic mass is 9.96. The molecule has 24 heteroatoms. The zero-order valence-corrected chi connectivity index (χ0v) is 50.5. The molecular weight excluding hydrogens is 1110 g/mol. The van der Waals surface area contributed by atoms with Crippen molar-refractivity contribution in [3.63, 3.8) is 0 Å². The number of rotatable bonds is 19. The maximum Gasteiger partial charge on any atom is 0.407 e. The Hall–Kier alpha value is -7.86. The number of hydrogen-bond acceptors (Lipinski definition) is 16. The molecule has 3 aliphatic heterocycles. The zero-order valence-electron chi connectivity index (χ0n) is 48.8. The fourth-order valence-electron chi connectivity index (χ4n) is 9.78. The maximum atomic E-state index is 15.3. The molecule has 8 N–H and O–H groups in total. The number of piperidine rings is 2. The van der Waals surface area contributed by atoms with Crippen LogP contribution in [0.2, 0.25) is 30.8 Å². The fourth-order valence-corrected chi connectivity index (χ4v) is 10.8. The van der Waals surface area contributed by atoms with Crippen molar-refractivity contribution in [2.75, 3.05) is 77.4 Å². The number of para-hydroxylation sites is 2. The van der Waals surface area contributed by atoms with Crippen LogP contribution in [0.1, 0.15) is 80.6 Å². The van der Waals surface area contributed by atoms with Gasteiger partial charge in [0, 0.05) is 78.7 Å². The monoisotopic (exact) mass is 1190 g/mol. The van der Waals surface area contributed by atoms with Crippen molar-refractivity contribution in [3.05, 3.63) is 131 Å². The van der Waals surface area contributed by atoms with Crippen LogP contribution in [-0.4, -0.2) is 113 Å². The largest absolute Gasteiger partial charge is 0.444 e. The number of amides is 3. The molecule has 0 atom stereocenters. The number of hydrogen-bond donors (Lipinski definition) is 6. The Bertz CT molecular complexity index is 3320. The highest BCUT2D eigenvalue weighted by Crippen LogP contribution is 2.35. The molecule has 84 heavy (non-hydrogen) atoms. The summed E-state index contributed by atoms with van der Waals surface area (Å²) in [6.45, 7) is 18.8. The molecule has 0 aliphatic carbocycles. The van der Waals surface area contributed by atoms with Gasteiger partial charge in [-0.05, 0) is 108 Å². The lowest BCUT2D eigenvalue weighted by Crippen LogP contribution is -2.40. The zero-order chi connectivity index (χ0) is 60.1. The van der Waals surface area contributed by atoms with Crippen molar-refractivity contribution in [1.82, 2.24) is 34.8 Å². The fraction of sp³-hybridized carbons (Fsp3) is 0.417. The number of anilines is 6. The summed E-state index contributed by atoms with van der Waals surface area (Å²) in [5.74, 6) is 0.201. The molecule has 2 fully saturated rings. The highest BCUT2D eigenvalue weighted by Gasteiger charge is 2.29. The minimum atomic E-state index is -1.32. The first-order valence-electron chi connectivity index (χ1n) is 28.3. The van der Waals surface area contributed by atoms with E-state index >= 15 is 4.39 Å². The number of carbonyl (C=O) groups excluding carboxylic acids is 3. The molecule has 2 saturated heterocycles. The lowest BCUT2D eigenvalue weighted by molar-refractivity contribution is -0.110. The number of halogens is 3. The van der Waals surface area contributed by atoms with Gasteiger partial charge in [0.25, 0.3) is 11.8 Å². The van der Waals surface area contributed by atoms with E-state index in [2.05, 4.69) is 70.8 Å². The lowest BCUT2D eigenvalue weighted by Gasteiger charge is -2.35. The molecule has 3 aromatic carbocycles. The van der Waals surface area contributed by atoms with E-state index in [4.69, 9.17) is 32.5 Å². The van der Waals surface area contributed by atoms with Crippen LogP contribution in [0.25, 0.3) is 17.1 Å². The molecule has 3 amide bonds. The predicted molar refractivity (Wildman–Crippen MR) is 330 cm³/mol. The summed E-state index contributed by atoms with van der Waals surface area (Å²) in [4.78, 5) is 69.1. The van der Waals surface area contributed by atoms with Gasteiger partial charge in [-0.3, -0.25) is 9.59 Å². The number of imidazole rings is 1. The first kappa shape index (κ1) is 62.2. The summed E-state index contributed by atoms with van der Waals surface area (Å²) in [5, 5.41) is 12.1. The molecule has 0 unspecified atom stereocenters. The number of alkyl carbamates (subject to hydrolysis) is 1. The number of benzene rings is 3. The number of aliphatic imine (C=N–C) groups is 1. The second-order valence-corrected chi connectivity index (χ2v) is 29.2. The summed E-state index contributed by atoms with van der Waals surface area (Å²) in [5.41, 5.74) is 16.1. The van der Waals surface area contributed by atoms with Gasteiger partial charge in [0.15, 0.2) is 0 Å². The molecule has 20 nitrogen and oxygen atoms in total. The first-order chi connectivity index (χ1) is 40.1. The van der Waals surface area contributed by atoms with Crippen LogP contribution >= 0.6 is 11.6 Å². The molecule has 9 rings (SSSR count). The number of ether oxygens (including phenoxy) is 2. The van der Waals surface area contributed by atoms with Gasteiger partial charge < -0.3 is 56.6 Å². The average Bonchev–Trinajstić information content (AvgIpc) is 4.23. The summed E-state index contributed by atoms with van der Waals surface area (Å²) in [6.07, 6.45) is 6.65. The predicted octanol–water partition coefficient (Wildman–Crippen LogP) is 10.6. The normalized spacial score (nSPS) is 14.9. The van der Waals surface area contributed by atoms with Crippen LogP contribution in [0.15, 0.2) is 96.1 Å². The minimum Gasteiger partial charge on any atom is -0.444 e. The Balaban J connectivity index is 0.000000223. The van der Waals surface area contributed by atoms with Crippen molar-refractivity contribution in [2.24, 2.45) is 22.6 Å². The van der Waals surface area contributed by atoms with Gasteiger partial charge in [0.2, 0.25) is 11.8 Å². The van der Waals surface area contributed by atoms with Crippen molar-refractivity contribution in [3.8, 4) is 11.4 Å². The second kappa shape index (κ2) is 28.1. The number of nitrogens with zero attached hydrogens (tertiary/aromatic N) is 9. The first-order valence-corrected chi connectivity index (χ1v) is 32.4. The quantitative estimate of drug-likeness (QED) is 0.0250. The van der Waals surface area contributed by atoms with E-state index in [0.717, 1.165) is 37.3 Å². The Morgan fingerprint density at radius 1 is 0.774 bits per heavy atom. The van der Waals surface area contributed by atoms with Crippen molar-refractivity contribution in [1.29, 1.82) is 0 Å². The standard InChI is InChI=1S/C32H45ClFN7O4Si.C28H31FN8O/c1-21-36-25(17-27(33)37-21)26-19-41(20-44-15-16-46(5,6)7)29(38-26)30(42)39-24-10-8-9-23(34)28(24)40-13-11-22(12-14-40)18-35-31(43)45-32(2,3)4;29-20-7-4-8-22(26(20)37-13-11-18(16-30)12-14-37)34-27(38)23-10-9-21(33-23)24-15-25(36-28(31)35-24)32-17-19-5-2-1-3-6-19/h8-10,17,19,22H,11-16,18,20H2,1-7H3,(H,35,43)(H,39,42);1-9,15,18H,10-14,16-17,30H2,(H,34,38)(H3,31,32,35,36). The third-order valence-corrected chi connectivity index (χ3v) is 16.1. The van der Waals surface area contributed by atoms with Crippen LogP contribution in [0.4, 0.5) is 48.1 Å². The molecule has 0 spiro atoms. The number of carbonyl (C=O) groups is 3. The van der Waals surface area contributed by atoms with Gasteiger partial charge in [-0.15, -0.1) is 0 Å². The van der Waals surface area contributed by atoms with E-state index in [-0.39, 0.29) is 41.3 Å². The highest BCUT2D eigenvalue weighted by atomic mass is 35.5. The van der Waals surface area contributed by atoms with E-state index in [1.165, 1.54) is 12.1 Å². The number of nitrogens with one attached hydrogen (secondary N) is 4. The SMILES string of the molecule is Cc1nc(Cl)cc(-c2cn(COCC[Si](C)(C)C)c(C(=O)Nc3cccc(F)c3N3CCC(CNC(=O)OC(C)(C)C)CC3)n2)n1.NCC1CCN(c2c(F)cccc2NC(=O)C2=NC(c3cc(NCc4ccccc4)nc(N)n3)=CC2)CC1. The van der Waals surface area contributed by atoms with Gasteiger partial charge in [0.1, 0.15) is 52.2 Å².